The second-order valence-corrected chi connectivity index (χ2v) is 7.63. The van der Waals surface area contributed by atoms with E-state index in [1.165, 1.54) is 12.8 Å². The summed E-state index contributed by atoms with van der Waals surface area (Å²) >= 11 is 12.1. The van der Waals surface area contributed by atoms with E-state index in [9.17, 15) is 9.59 Å². The molecular weight excluding hydrogens is 347 g/mol. The van der Waals surface area contributed by atoms with Crippen LogP contribution in [-0.2, 0) is 9.59 Å². The van der Waals surface area contributed by atoms with Crippen molar-refractivity contribution in [1.29, 1.82) is 0 Å². The summed E-state index contributed by atoms with van der Waals surface area (Å²) in [5, 5.41) is 4.08. The van der Waals surface area contributed by atoms with Crippen molar-refractivity contribution in [3.05, 3.63) is 33.8 Å². The highest BCUT2D eigenvalue weighted by atomic mass is 35.5. The number of likely N-dealkylation sites (tertiary alicyclic amines) is 1. The van der Waals surface area contributed by atoms with E-state index >= 15 is 0 Å². The van der Waals surface area contributed by atoms with Gasteiger partial charge in [0.25, 0.3) is 0 Å². The maximum Gasteiger partial charge on any atom is 0.225 e. The molecule has 0 bridgehead atoms. The Kier molecular flexibility index (Phi) is 5.36. The minimum absolute atomic E-state index is 0.0811. The zero-order valence-corrected chi connectivity index (χ0v) is 15.2. The molecule has 0 radical (unpaired) electrons. The number of hydrogen-bond acceptors (Lipinski definition) is 2. The third-order valence-electron chi connectivity index (χ3n) is 5.08. The Morgan fingerprint density at radius 2 is 2.00 bits per heavy atom. The first-order valence-corrected chi connectivity index (χ1v) is 9.26. The van der Waals surface area contributed by atoms with Gasteiger partial charge >= 0.3 is 0 Å². The normalized spacial score (nSPS) is 22.9. The van der Waals surface area contributed by atoms with Gasteiger partial charge in [0.1, 0.15) is 0 Å². The van der Waals surface area contributed by atoms with Crippen molar-refractivity contribution in [1.82, 2.24) is 10.2 Å². The Morgan fingerprint density at radius 1 is 1.29 bits per heavy atom. The van der Waals surface area contributed by atoms with Crippen LogP contribution < -0.4 is 5.32 Å². The zero-order chi connectivity index (χ0) is 17.3. The predicted octanol–water partition coefficient (Wildman–Crippen LogP) is 3.96. The molecule has 2 fully saturated rings. The van der Waals surface area contributed by atoms with E-state index in [0.717, 1.165) is 18.4 Å². The Hall–Kier alpha value is -1.26. The third-order valence-corrected chi connectivity index (χ3v) is 5.64. The summed E-state index contributed by atoms with van der Waals surface area (Å²) in [6.07, 6.45) is 4.80. The summed E-state index contributed by atoms with van der Waals surface area (Å²) in [5.41, 5.74) is 0.825. The molecule has 2 atom stereocenters. The van der Waals surface area contributed by atoms with Gasteiger partial charge in [-0.15, -0.1) is 0 Å². The van der Waals surface area contributed by atoms with Gasteiger partial charge in [0, 0.05) is 29.1 Å². The van der Waals surface area contributed by atoms with Crippen LogP contribution in [0.5, 0.6) is 0 Å². The van der Waals surface area contributed by atoms with E-state index in [-0.39, 0.29) is 23.8 Å². The van der Waals surface area contributed by atoms with E-state index in [4.69, 9.17) is 23.2 Å². The van der Waals surface area contributed by atoms with Crippen LogP contribution >= 0.6 is 23.2 Å². The number of carbonyl (C=O) groups is 2. The fraction of sp³-hybridized carbons (Fsp3) is 0.556. The maximum absolute atomic E-state index is 12.6. The molecule has 2 aliphatic rings. The summed E-state index contributed by atoms with van der Waals surface area (Å²) < 4.78 is 0. The van der Waals surface area contributed by atoms with E-state index in [1.807, 2.05) is 17.9 Å². The molecule has 1 saturated heterocycles. The molecule has 2 unspecified atom stereocenters. The second-order valence-electron chi connectivity index (χ2n) is 6.78. The molecule has 1 aliphatic heterocycles. The molecule has 1 heterocycles. The molecule has 0 spiro atoms. The van der Waals surface area contributed by atoms with E-state index in [0.29, 0.717) is 29.1 Å². The molecule has 0 aromatic heterocycles. The molecule has 1 N–H and O–H groups in total. The number of hydrogen-bond donors (Lipinski definition) is 1. The number of benzene rings is 1. The van der Waals surface area contributed by atoms with Crippen LogP contribution in [0.25, 0.3) is 0 Å². The van der Waals surface area contributed by atoms with Crippen LogP contribution in [0.1, 0.15) is 50.6 Å². The lowest BCUT2D eigenvalue weighted by molar-refractivity contribution is -0.130. The SMILES string of the molecule is CC(NC(=O)C1CC(=O)N(C2CCCC2)C1)c1ccc(Cl)cc1Cl. The van der Waals surface area contributed by atoms with Gasteiger partial charge in [-0.2, -0.15) is 0 Å². The van der Waals surface area contributed by atoms with E-state index in [2.05, 4.69) is 5.32 Å². The van der Waals surface area contributed by atoms with Crippen LogP contribution in [0.15, 0.2) is 18.2 Å². The van der Waals surface area contributed by atoms with Crippen LogP contribution in [0, 0.1) is 5.92 Å². The molecule has 130 valence electrons. The fourth-order valence-electron chi connectivity index (χ4n) is 3.74. The second kappa shape index (κ2) is 7.32. The number of nitrogens with one attached hydrogen (secondary N) is 1. The van der Waals surface area contributed by atoms with Crippen molar-refractivity contribution in [2.24, 2.45) is 5.92 Å². The lowest BCUT2D eigenvalue weighted by Gasteiger charge is -2.24. The monoisotopic (exact) mass is 368 g/mol. The lowest BCUT2D eigenvalue weighted by Crippen LogP contribution is -2.37. The standard InChI is InChI=1S/C18H22Cl2N2O2/c1-11(15-7-6-13(19)9-16(15)20)21-18(24)12-8-17(23)22(10-12)14-4-2-3-5-14/h6-7,9,11-12,14H,2-5,8,10H2,1H3,(H,21,24). The van der Waals surface area contributed by atoms with Crippen molar-refractivity contribution < 1.29 is 9.59 Å². The molecule has 3 rings (SSSR count). The van der Waals surface area contributed by atoms with Crippen LogP contribution in [0.4, 0.5) is 0 Å². The Labute approximate surface area is 152 Å². The molecule has 24 heavy (non-hydrogen) atoms. The van der Waals surface area contributed by atoms with Crippen molar-refractivity contribution in [3.63, 3.8) is 0 Å². The third kappa shape index (κ3) is 3.70. The van der Waals surface area contributed by atoms with E-state index < -0.39 is 0 Å². The van der Waals surface area contributed by atoms with Gasteiger partial charge in [-0.25, -0.2) is 0 Å². The molecule has 2 amide bonds. The van der Waals surface area contributed by atoms with Crippen LogP contribution in [0.2, 0.25) is 10.0 Å². The predicted molar refractivity (Wildman–Crippen MR) is 95.1 cm³/mol. The first kappa shape index (κ1) is 17.6. The van der Waals surface area contributed by atoms with Crippen molar-refractivity contribution in [2.75, 3.05) is 6.54 Å². The molecule has 1 saturated carbocycles. The topological polar surface area (TPSA) is 49.4 Å². The highest BCUT2D eigenvalue weighted by molar-refractivity contribution is 6.35. The van der Waals surface area contributed by atoms with Crippen molar-refractivity contribution >= 4 is 35.0 Å². The number of rotatable bonds is 4. The maximum atomic E-state index is 12.6. The highest BCUT2D eigenvalue weighted by Gasteiger charge is 2.38. The average molecular weight is 369 g/mol. The van der Waals surface area contributed by atoms with Gasteiger partial charge in [0.15, 0.2) is 0 Å². The molecule has 1 aromatic rings. The van der Waals surface area contributed by atoms with Gasteiger partial charge in [-0.05, 0) is 37.5 Å². The van der Waals surface area contributed by atoms with Gasteiger partial charge in [-0.1, -0.05) is 42.1 Å². The Morgan fingerprint density at radius 3 is 2.67 bits per heavy atom. The van der Waals surface area contributed by atoms with E-state index in [1.54, 1.807) is 12.1 Å². The zero-order valence-electron chi connectivity index (χ0n) is 13.7. The number of halogens is 2. The number of amides is 2. The molecule has 1 aromatic carbocycles. The Balaban J connectivity index is 1.61. The molecular formula is C18H22Cl2N2O2. The van der Waals surface area contributed by atoms with Crippen LogP contribution in [0.3, 0.4) is 0 Å². The highest BCUT2D eigenvalue weighted by Crippen LogP contribution is 2.30. The molecule has 6 heteroatoms. The largest absolute Gasteiger partial charge is 0.349 e. The quantitative estimate of drug-likeness (QED) is 0.873. The summed E-state index contributed by atoms with van der Waals surface area (Å²) in [6, 6.07) is 5.35. The summed E-state index contributed by atoms with van der Waals surface area (Å²) in [4.78, 5) is 26.7. The van der Waals surface area contributed by atoms with Gasteiger partial charge in [0.05, 0.1) is 12.0 Å². The van der Waals surface area contributed by atoms with Gasteiger partial charge in [0.2, 0.25) is 11.8 Å². The van der Waals surface area contributed by atoms with Gasteiger partial charge in [-0.3, -0.25) is 9.59 Å². The van der Waals surface area contributed by atoms with Crippen molar-refractivity contribution in [2.45, 2.75) is 51.1 Å². The Bertz CT molecular complexity index is 644. The molecule has 1 aliphatic carbocycles. The minimum Gasteiger partial charge on any atom is -0.349 e. The number of nitrogens with zero attached hydrogens (tertiary/aromatic N) is 1. The van der Waals surface area contributed by atoms with Gasteiger partial charge < -0.3 is 10.2 Å². The fourth-order valence-corrected chi connectivity index (χ4v) is 4.31. The molecule has 4 nitrogen and oxygen atoms in total. The summed E-state index contributed by atoms with van der Waals surface area (Å²) in [5.74, 6) is -0.242. The number of carbonyl (C=O) groups excluding carboxylic acids is 2. The lowest BCUT2D eigenvalue weighted by atomic mass is 10.0. The minimum atomic E-state index is -0.272. The summed E-state index contributed by atoms with van der Waals surface area (Å²) in [6.45, 7) is 2.43. The smallest absolute Gasteiger partial charge is 0.225 e. The van der Waals surface area contributed by atoms with Crippen LogP contribution in [-0.4, -0.2) is 29.3 Å². The average Bonchev–Trinajstić information content (AvgIpc) is 3.15. The van der Waals surface area contributed by atoms with Crippen molar-refractivity contribution in [3.8, 4) is 0 Å². The summed E-state index contributed by atoms with van der Waals surface area (Å²) in [7, 11) is 0. The first-order valence-electron chi connectivity index (χ1n) is 8.50. The first-order chi connectivity index (χ1) is 11.5.